The lowest BCUT2D eigenvalue weighted by molar-refractivity contribution is -0.133. The number of hydrogen-bond acceptors (Lipinski definition) is 4. The molecular formula is C14H17N3O2. The molecule has 0 saturated carbocycles. The van der Waals surface area contributed by atoms with Gasteiger partial charge in [0.05, 0.1) is 18.4 Å². The molecule has 0 radical (unpaired) electrons. The molecule has 1 aromatic rings. The lowest BCUT2D eigenvalue weighted by Gasteiger charge is -2.23. The molecule has 2 aliphatic heterocycles. The average molecular weight is 259 g/mol. The van der Waals surface area contributed by atoms with Gasteiger partial charge in [-0.15, -0.1) is 0 Å². The van der Waals surface area contributed by atoms with Crippen molar-refractivity contribution < 1.29 is 9.21 Å². The molecule has 3 atom stereocenters. The van der Waals surface area contributed by atoms with Gasteiger partial charge in [0, 0.05) is 19.0 Å². The first-order valence-corrected chi connectivity index (χ1v) is 6.76. The van der Waals surface area contributed by atoms with E-state index in [0.717, 1.165) is 31.6 Å². The molecule has 0 aromatic carbocycles. The Bertz CT molecular complexity index is 491. The van der Waals surface area contributed by atoms with Crippen LogP contribution >= 0.6 is 0 Å². The van der Waals surface area contributed by atoms with Gasteiger partial charge in [0.15, 0.2) is 0 Å². The molecule has 19 heavy (non-hydrogen) atoms. The van der Waals surface area contributed by atoms with Gasteiger partial charge in [0.25, 0.3) is 0 Å². The first-order valence-electron chi connectivity index (χ1n) is 6.76. The topological polar surface area (TPSA) is 69.3 Å². The third-order valence-corrected chi connectivity index (χ3v) is 4.06. The minimum absolute atomic E-state index is 0.0677. The molecule has 2 aliphatic rings. The van der Waals surface area contributed by atoms with Gasteiger partial charge in [-0.05, 0) is 31.4 Å². The van der Waals surface area contributed by atoms with E-state index in [1.54, 1.807) is 11.2 Å². The van der Waals surface area contributed by atoms with Crippen molar-refractivity contribution in [1.29, 1.82) is 5.26 Å². The summed E-state index contributed by atoms with van der Waals surface area (Å²) in [5, 5.41) is 12.3. The van der Waals surface area contributed by atoms with E-state index < -0.39 is 0 Å². The molecule has 1 aromatic heterocycles. The van der Waals surface area contributed by atoms with Crippen LogP contribution in [0.15, 0.2) is 22.8 Å². The maximum atomic E-state index is 12.4. The largest absolute Gasteiger partial charge is 0.469 e. The molecule has 2 fully saturated rings. The molecule has 0 bridgehead atoms. The van der Waals surface area contributed by atoms with Crippen LogP contribution in [0.25, 0.3) is 0 Å². The average Bonchev–Trinajstić information content (AvgIpc) is 3.16. The Hall–Kier alpha value is -1.80. The Labute approximate surface area is 112 Å². The van der Waals surface area contributed by atoms with Gasteiger partial charge in [-0.1, -0.05) is 0 Å². The monoisotopic (exact) mass is 259 g/mol. The summed E-state index contributed by atoms with van der Waals surface area (Å²) in [6.45, 7) is 1.47. The van der Waals surface area contributed by atoms with Gasteiger partial charge in [-0.3, -0.25) is 4.79 Å². The maximum absolute atomic E-state index is 12.4. The smallest absolute Gasteiger partial charge is 0.240 e. The highest BCUT2D eigenvalue weighted by Gasteiger charge is 2.37. The second-order valence-corrected chi connectivity index (χ2v) is 5.23. The standard InChI is InChI=1S/C14H17N3O2/c15-8-11-3-1-5-17(11)14(18)12-7-10(9-16-12)13-4-2-6-19-13/h2,4,6,10-12,16H,1,3,5,7,9H2/t10-,11-,12-/m0/s1. The fourth-order valence-electron chi connectivity index (χ4n) is 3.03. The van der Waals surface area contributed by atoms with Crippen LogP contribution < -0.4 is 5.32 Å². The highest BCUT2D eigenvalue weighted by Crippen LogP contribution is 2.28. The summed E-state index contributed by atoms with van der Waals surface area (Å²) < 4.78 is 5.40. The van der Waals surface area contributed by atoms with Crippen LogP contribution in [0, 0.1) is 11.3 Å². The molecule has 1 N–H and O–H groups in total. The second-order valence-electron chi connectivity index (χ2n) is 5.23. The number of amides is 1. The van der Waals surface area contributed by atoms with E-state index in [9.17, 15) is 4.79 Å². The van der Waals surface area contributed by atoms with E-state index in [-0.39, 0.29) is 23.9 Å². The molecule has 0 spiro atoms. The number of nitriles is 1. The molecule has 100 valence electrons. The van der Waals surface area contributed by atoms with E-state index in [1.165, 1.54) is 0 Å². The Balaban J connectivity index is 1.65. The Morgan fingerprint density at radius 3 is 3.21 bits per heavy atom. The van der Waals surface area contributed by atoms with Crippen molar-refractivity contribution in [1.82, 2.24) is 10.2 Å². The minimum Gasteiger partial charge on any atom is -0.469 e. The third-order valence-electron chi connectivity index (χ3n) is 4.06. The van der Waals surface area contributed by atoms with Crippen molar-refractivity contribution in [2.45, 2.75) is 37.3 Å². The van der Waals surface area contributed by atoms with Crippen molar-refractivity contribution in [3.63, 3.8) is 0 Å². The van der Waals surface area contributed by atoms with Crippen molar-refractivity contribution in [2.24, 2.45) is 0 Å². The summed E-state index contributed by atoms with van der Waals surface area (Å²) in [4.78, 5) is 14.1. The van der Waals surface area contributed by atoms with Crippen LogP contribution in [-0.4, -0.2) is 36.0 Å². The number of rotatable bonds is 2. The SMILES string of the molecule is N#C[C@@H]1CCCN1C(=O)[C@@H]1C[C@H](c2ccco2)CN1. The van der Waals surface area contributed by atoms with Crippen molar-refractivity contribution >= 4 is 5.91 Å². The Morgan fingerprint density at radius 1 is 1.58 bits per heavy atom. The van der Waals surface area contributed by atoms with Crippen LogP contribution in [-0.2, 0) is 4.79 Å². The molecule has 0 unspecified atom stereocenters. The van der Waals surface area contributed by atoms with E-state index in [4.69, 9.17) is 9.68 Å². The molecule has 0 aliphatic carbocycles. The predicted octanol–water partition coefficient (Wildman–Crippen LogP) is 1.24. The van der Waals surface area contributed by atoms with Crippen LogP contribution in [0.1, 0.15) is 30.9 Å². The summed E-state index contributed by atoms with van der Waals surface area (Å²) in [5.74, 6) is 1.26. The van der Waals surface area contributed by atoms with Gasteiger partial charge in [0.2, 0.25) is 5.91 Å². The van der Waals surface area contributed by atoms with Gasteiger partial charge in [-0.25, -0.2) is 0 Å². The zero-order chi connectivity index (χ0) is 13.2. The lowest BCUT2D eigenvalue weighted by Crippen LogP contribution is -2.45. The number of hydrogen-bond donors (Lipinski definition) is 1. The number of likely N-dealkylation sites (tertiary alicyclic amines) is 1. The highest BCUT2D eigenvalue weighted by atomic mass is 16.3. The number of nitrogens with one attached hydrogen (secondary N) is 1. The highest BCUT2D eigenvalue weighted by molar-refractivity contribution is 5.83. The molecule has 5 heteroatoms. The van der Waals surface area contributed by atoms with E-state index in [2.05, 4.69) is 11.4 Å². The maximum Gasteiger partial charge on any atom is 0.240 e. The quantitative estimate of drug-likeness (QED) is 0.867. The van der Waals surface area contributed by atoms with Crippen LogP contribution in [0.2, 0.25) is 0 Å². The van der Waals surface area contributed by atoms with E-state index in [1.807, 2.05) is 12.1 Å². The number of carbonyl (C=O) groups excluding carboxylic acids is 1. The summed E-state index contributed by atoms with van der Waals surface area (Å²) in [6, 6.07) is 5.62. The van der Waals surface area contributed by atoms with Crippen LogP contribution in [0.3, 0.4) is 0 Å². The Kier molecular flexibility index (Phi) is 3.26. The second kappa shape index (κ2) is 5.06. The van der Waals surface area contributed by atoms with Crippen molar-refractivity contribution in [2.75, 3.05) is 13.1 Å². The van der Waals surface area contributed by atoms with Crippen LogP contribution in [0.5, 0.6) is 0 Å². The van der Waals surface area contributed by atoms with Crippen molar-refractivity contribution in [3.8, 4) is 6.07 Å². The predicted molar refractivity (Wildman–Crippen MR) is 68.2 cm³/mol. The molecule has 2 saturated heterocycles. The Morgan fingerprint density at radius 2 is 2.47 bits per heavy atom. The first kappa shape index (κ1) is 12.2. The summed E-state index contributed by atoms with van der Waals surface area (Å²) in [6.07, 6.45) is 4.15. The first-order chi connectivity index (χ1) is 9.29. The van der Waals surface area contributed by atoms with Crippen LogP contribution in [0.4, 0.5) is 0 Å². The lowest BCUT2D eigenvalue weighted by atomic mass is 10.0. The van der Waals surface area contributed by atoms with E-state index >= 15 is 0 Å². The molecule has 1 amide bonds. The minimum atomic E-state index is -0.239. The van der Waals surface area contributed by atoms with Gasteiger partial charge < -0.3 is 14.6 Å². The summed E-state index contributed by atoms with van der Waals surface area (Å²) in [7, 11) is 0. The summed E-state index contributed by atoms with van der Waals surface area (Å²) in [5.41, 5.74) is 0. The van der Waals surface area contributed by atoms with E-state index in [0.29, 0.717) is 6.54 Å². The number of nitrogens with zero attached hydrogens (tertiary/aromatic N) is 2. The summed E-state index contributed by atoms with van der Waals surface area (Å²) >= 11 is 0. The number of furan rings is 1. The zero-order valence-electron chi connectivity index (χ0n) is 10.7. The van der Waals surface area contributed by atoms with Crippen molar-refractivity contribution in [3.05, 3.63) is 24.2 Å². The van der Waals surface area contributed by atoms with Gasteiger partial charge in [0.1, 0.15) is 11.8 Å². The molecule has 3 rings (SSSR count). The fraction of sp³-hybridized carbons (Fsp3) is 0.571. The third kappa shape index (κ3) is 2.24. The molecular weight excluding hydrogens is 242 g/mol. The normalized spacial score (nSPS) is 30.5. The molecule has 5 nitrogen and oxygen atoms in total. The molecule has 3 heterocycles. The van der Waals surface area contributed by atoms with Gasteiger partial charge in [-0.2, -0.15) is 5.26 Å². The van der Waals surface area contributed by atoms with Gasteiger partial charge >= 0.3 is 0 Å². The zero-order valence-corrected chi connectivity index (χ0v) is 10.7. The number of carbonyl (C=O) groups is 1. The fourth-order valence-corrected chi connectivity index (χ4v) is 3.03.